The molecule has 0 atom stereocenters. The highest BCUT2D eigenvalue weighted by Gasteiger charge is 2.41. The highest BCUT2D eigenvalue weighted by molar-refractivity contribution is 5.37. The summed E-state index contributed by atoms with van der Waals surface area (Å²) in [4.78, 5) is 0. The van der Waals surface area contributed by atoms with Crippen LogP contribution in [-0.4, -0.2) is 0 Å². The highest BCUT2D eigenvalue weighted by Crippen LogP contribution is 2.55. The van der Waals surface area contributed by atoms with Crippen molar-refractivity contribution in [1.82, 2.24) is 0 Å². The molecule has 2 saturated carbocycles. The summed E-state index contributed by atoms with van der Waals surface area (Å²) in [6.45, 7) is 0. The first-order chi connectivity index (χ1) is 7.40. The summed E-state index contributed by atoms with van der Waals surface area (Å²) in [5.74, 6) is 3.94. The van der Waals surface area contributed by atoms with Gasteiger partial charge in [0.2, 0.25) is 0 Å². The van der Waals surface area contributed by atoms with Crippen LogP contribution in [0.5, 0.6) is 0 Å². The number of benzene rings is 1. The minimum Gasteiger partial charge on any atom is -0.0620 e. The van der Waals surface area contributed by atoms with Gasteiger partial charge in [-0.2, -0.15) is 0 Å². The van der Waals surface area contributed by atoms with E-state index in [0.29, 0.717) is 0 Å². The fourth-order valence-corrected chi connectivity index (χ4v) is 4.61. The molecule has 0 heteroatoms. The van der Waals surface area contributed by atoms with Gasteiger partial charge < -0.3 is 0 Å². The monoisotopic (exact) mass is 198 g/mol. The zero-order valence-corrected chi connectivity index (χ0v) is 9.15. The molecule has 2 fully saturated rings. The summed E-state index contributed by atoms with van der Waals surface area (Å²) in [5.41, 5.74) is 3.43. The maximum atomic E-state index is 2.41. The summed E-state index contributed by atoms with van der Waals surface area (Å²) in [5, 5.41) is 0. The second-order valence-electron chi connectivity index (χ2n) is 5.93. The fraction of sp³-hybridized carbons (Fsp3) is 0.600. The van der Waals surface area contributed by atoms with Crippen molar-refractivity contribution in [1.29, 1.82) is 0 Å². The van der Waals surface area contributed by atoms with Crippen LogP contribution in [0.15, 0.2) is 24.3 Å². The Bertz CT molecular complexity index is 344. The van der Waals surface area contributed by atoms with Crippen molar-refractivity contribution in [3.05, 3.63) is 35.4 Å². The van der Waals surface area contributed by atoms with Gasteiger partial charge >= 0.3 is 0 Å². The van der Waals surface area contributed by atoms with E-state index in [1.807, 2.05) is 0 Å². The fourth-order valence-electron chi connectivity index (χ4n) is 4.61. The Balaban J connectivity index is 1.91. The summed E-state index contributed by atoms with van der Waals surface area (Å²) in [6.07, 6.45) is 7.50. The molecule has 78 valence electrons. The maximum Gasteiger partial charge on any atom is -0.0154 e. The molecule has 15 heavy (non-hydrogen) atoms. The van der Waals surface area contributed by atoms with Gasteiger partial charge in [0.05, 0.1) is 0 Å². The van der Waals surface area contributed by atoms with Gasteiger partial charge in [-0.05, 0) is 66.9 Å². The van der Waals surface area contributed by atoms with Crippen molar-refractivity contribution in [3.8, 4) is 0 Å². The highest BCUT2D eigenvalue weighted by atomic mass is 14.5. The SMILES string of the molecule is c1ccc2c(c1)C1CC3CC(C1)CC2C3. The molecule has 1 aromatic rings. The van der Waals surface area contributed by atoms with Crippen LogP contribution in [0.1, 0.15) is 55.1 Å². The zero-order valence-electron chi connectivity index (χ0n) is 9.15. The Morgan fingerprint density at radius 2 is 1.13 bits per heavy atom. The standard InChI is InChI=1S/C15H18/c1-2-4-15-13-8-10-5-11(9-13)7-12(6-10)14(15)3-1/h1-4,10-13H,5-9H2. The van der Waals surface area contributed by atoms with Gasteiger partial charge in [0.15, 0.2) is 0 Å². The third-order valence-corrected chi connectivity index (χ3v) is 5.01. The van der Waals surface area contributed by atoms with Gasteiger partial charge in [0.25, 0.3) is 0 Å². The molecular weight excluding hydrogens is 180 g/mol. The minimum absolute atomic E-state index is 0.914. The van der Waals surface area contributed by atoms with Crippen LogP contribution in [0.25, 0.3) is 0 Å². The average molecular weight is 198 g/mol. The molecule has 4 aliphatic rings. The van der Waals surface area contributed by atoms with Crippen LogP contribution in [0, 0.1) is 11.8 Å². The van der Waals surface area contributed by atoms with Gasteiger partial charge in [0.1, 0.15) is 0 Å². The topological polar surface area (TPSA) is 0 Å². The summed E-state index contributed by atoms with van der Waals surface area (Å²) < 4.78 is 0. The Labute approximate surface area is 91.7 Å². The smallest absolute Gasteiger partial charge is 0.0154 e. The average Bonchev–Trinajstić information content (AvgIpc) is 2.43. The first-order valence-electron chi connectivity index (χ1n) is 6.49. The molecule has 0 aliphatic heterocycles. The van der Waals surface area contributed by atoms with Crippen molar-refractivity contribution < 1.29 is 0 Å². The van der Waals surface area contributed by atoms with Crippen LogP contribution < -0.4 is 0 Å². The first-order valence-corrected chi connectivity index (χ1v) is 6.49. The van der Waals surface area contributed by atoms with Crippen molar-refractivity contribution in [2.75, 3.05) is 0 Å². The predicted molar refractivity (Wildman–Crippen MR) is 62.0 cm³/mol. The third-order valence-electron chi connectivity index (χ3n) is 5.01. The lowest BCUT2D eigenvalue weighted by Crippen LogP contribution is -2.25. The second kappa shape index (κ2) is 2.87. The van der Waals surface area contributed by atoms with E-state index in [-0.39, 0.29) is 0 Å². The summed E-state index contributed by atoms with van der Waals surface area (Å²) in [6, 6.07) is 9.29. The van der Waals surface area contributed by atoms with Gasteiger partial charge in [-0.3, -0.25) is 0 Å². The van der Waals surface area contributed by atoms with E-state index in [9.17, 15) is 0 Å². The van der Waals surface area contributed by atoms with Gasteiger partial charge in [-0.15, -0.1) is 0 Å². The van der Waals surface area contributed by atoms with E-state index >= 15 is 0 Å². The maximum absolute atomic E-state index is 2.41. The van der Waals surface area contributed by atoms with E-state index in [1.54, 1.807) is 17.5 Å². The molecule has 5 rings (SSSR count). The molecule has 0 heterocycles. The molecule has 0 aromatic heterocycles. The number of rotatable bonds is 0. The lowest BCUT2D eigenvalue weighted by molar-refractivity contribution is 0.166. The lowest BCUT2D eigenvalue weighted by Gasteiger charge is -2.38. The van der Waals surface area contributed by atoms with E-state index < -0.39 is 0 Å². The van der Waals surface area contributed by atoms with Crippen LogP contribution >= 0.6 is 0 Å². The molecule has 0 unspecified atom stereocenters. The second-order valence-corrected chi connectivity index (χ2v) is 5.93. The molecule has 0 spiro atoms. The molecular formula is C15H18. The molecule has 4 aliphatic carbocycles. The Morgan fingerprint density at radius 3 is 1.60 bits per heavy atom. The molecule has 4 bridgehead atoms. The zero-order chi connectivity index (χ0) is 9.83. The van der Waals surface area contributed by atoms with Gasteiger partial charge in [0, 0.05) is 0 Å². The van der Waals surface area contributed by atoms with E-state index in [2.05, 4.69) is 24.3 Å². The van der Waals surface area contributed by atoms with Crippen molar-refractivity contribution >= 4 is 0 Å². The number of hydrogen-bond acceptors (Lipinski definition) is 0. The van der Waals surface area contributed by atoms with Gasteiger partial charge in [-0.25, -0.2) is 0 Å². The Hall–Kier alpha value is -0.780. The summed E-state index contributed by atoms with van der Waals surface area (Å²) >= 11 is 0. The first kappa shape index (κ1) is 8.38. The van der Waals surface area contributed by atoms with Crippen LogP contribution in [0.3, 0.4) is 0 Å². The minimum atomic E-state index is 0.914. The third kappa shape index (κ3) is 1.14. The van der Waals surface area contributed by atoms with Crippen LogP contribution in [0.2, 0.25) is 0 Å². The molecule has 0 nitrogen and oxygen atoms in total. The van der Waals surface area contributed by atoms with Crippen LogP contribution in [-0.2, 0) is 0 Å². The van der Waals surface area contributed by atoms with E-state index in [0.717, 1.165) is 23.7 Å². The van der Waals surface area contributed by atoms with Gasteiger partial charge in [-0.1, -0.05) is 24.3 Å². The molecule has 0 N–H and O–H groups in total. The van der Waals surface area contributed by atoms with Crippen LogP contribution in [0.4, 0.5) is 0 Å². The van der Waals surface area contributed by atoms with Crippen molar-refractivity contribution in [2.45, 2.75) is 43.9 Å². The lowest BCUT2D eigenvalue weighted by atomic mass is 9.67. The molecule has 0 radical (unpaired) electrons. The Morgan fingerprint density at radius 1 is 0.667 bits per heavy atom. The molecule has 1 aromatic carbocycles. The molecule has 0 amide bonds. The van der Waals surface area contributed by atoms with E-state index in [4.69, 9.17) is 0 Å². The normalized spacial score (nSPS) is 41.3. The summed E-state index contributed by atoms with van der Waals surface area (Å²) in [7, 11) is 0. The quantitative estimate of drug-likeness (QED) is 0.589. The van der Waals surface area contributed by atoms with Crippen molar-refractivity contribution in [2.24, 2.45) is 11.8 Å². The Kier molecular flexibility index (Phi) is 1.60. The predicted octanol–water partition coefficient (Wildman–Crippen LogP) is 4.08. The van der Waals surface area contributed by atoms with E-state index in [1.165, 1.54) is 25.7 Å². The largest absolute Gasteiger partial charge is 0.0620 e. The molecule has 0 saturated heterocycles. The van der Waals surface area contributed by atoms with Crippen molar-refractivity contribution in [3.63, 3.8) is 0 Å². The number of hydrogen-bond donors (Lipinski definition) is 0.